The Balaban J connectivity index is 0.000000362. The Kier molecular flexibility index (Phi) is 11.1. The summed E-state index contributed by atoms with van der Waals surface area (Å²) in [7, 11) is 16.6. The van der Waals surface area contributed by atoms with Gasteiger partial charge in [0.05, 0.1) is 0 Å². The van der Waals surface area contributed by atoms with Gasteiger partial charge in [-0.2, -0.15) is 0 Å². The monoisotopic (exact) mass is 392 g/mol. The highest BCUT2D eigenvalue weighted by molar-refractivity contribution is 5.44. The largest absolute Gasteiger partial charge is 0.507 e. The van der Waals surface area contributed by atoms with Crippen LogP contribution in [-0.2, 0) is 19.6 Å². The Labute approximate surface area is 173 Å². The minimum atomic E-state index is 0.435. The highest BCUT2D eigenvalue weighted by Crippen LogP contribution is 2.27. The standard InChI is InChI=1S/C15H27N3O.C8H17N/c1-16(2)9-12-7-13(10-17(3)4)15(19)14(8-12)11-18(5)6;1-9(2)8-6-4-3-5-7-8/h7-8,19H,9-11H2,1-6H3;8H,3-7H2,1-2H3. The lowest BCUT2D eigenvalue weighted by atomic mass is 9.95. The second-order valence-electron chi connectivity index (χ2n) is 9.23. The van der Waals surface area contributed by atoms with Crippen molar-refractivity contribution in [3.8, 4) is 5.75 Å². The Morgan fingerprint density at radius 1 is 0.714 bits per heavy atom. The van der Waals surface area contributed by atoms with E-state index >= 15 is 0 Å². The van der Waals surface area contributed by atoms with Gasteiger partial charge < -0.3 is 24.7 Å². The van der Waals surface area contributed by atoms with Crippen molar-refractivity contribution in [3.05, 3.63) is 28.8 Å². The molecule has 1 N–H and O–H groups in total. The van der Waals surface area contributed by atoms with Crippen LogP contribution in [-0.4, -0.2) is 87.1 Å². The molecule has 2 rings (SSSR count). The number of aromatic hydroxyl groups is 1. The van der Waals surface area contributed by atoms with Crippen LogP contribution in [0.1, 0.15) is 48.8 Å². The SMILES string of the molecule is CN(C)C1CCCCC1.CN(C)Cc1cc(CN(C)C)c(O)c(CN(C)C)c1. The van der Waals surface area contributed by atoms with Crippen molar-refractivity contribution in [2.45, 2.75) is 57.8 Å². The van der Waals surface area contributed by atoms with Crippen molar-refractivity contribution in [1.29, 1.82) is 0 Å². The number of hydrogen-bond acceptors (Lipinski definition) is 5. The third-order valence-corrected chi connectivity index (χ3v) is 5.10. The van der Waals surface area contributed by atoms with E-state index in [0.29, 0.717) is 5.75 Å². The maximum absolute atomic E-state index is 10.4. The average molecular weight is 393 g/mol. The predicted octanol–water partition coefficient (Wildman–Crippen LogP) is 3.46. The third kappa shape index (κ3) is 9.37. The minimum absolute atomic E-state index is 0.435. The number of rotatable bonds is 7. The Hall–Kier alpha value is -1.14. The molecule has 0 saturated heterocycles. The van der Waals surface area contributed by atoms with Gasteiger partial charge in [-0.3, -0.25) is 0 Å². The van der Waals surface area contributed by atoms with E-state index in [9.17, 15) is 5.11 Å². The molecule has 0 radical (unpaired) electrons. The summed E-state index contributed by atoms with van der Waals surface area (Å²) in [5.41, 5.74) is 3.25. The predicted molar refractivity (Wildman–Crippen MR) is 121 cm³/mol. The van der Waals surface area contributed by atoms with Crippen LogP contribution >= 0.6 is 0 Å². The zero-order chi connectivity index (χ0) is 21.3. The van der Waals surface area contributed by atoms with Crippen LogP contribution in [0.2, 0.25) is 0 Å². The molecule has 0 atom stereocenters. The van der Waals surface area contributed by atoms with Gasteiger partial charge in [-0.05, 0) is 86.9 Å². The summed E-state index contributed by atoms with van der Waals surface area (Å²) in [4.78, 5) is 8.66. The Morgan fingerprint density at radius 2 is 1.14 bits per heavy atom. The van der Waals surface area contributed by atoms with E-state index in [1.165, 1.54) is 37.7 Å². The second kappa shape index (κ2) is 12.4. The fourth-order valence-electron chi connectivity index (χ4n) is 3.81. The van der Waals surface area contributed by atoms with Gasteiger partial charge in [0.2, 0.25) is 0 Å². The van der Waals surface area contributed by atoms with Crippen LogP contribution in [0, 0.1) is 0 Å². The molecule has 0 bridgehead atoms. The van der Waals surface area contributed by atoms with Gasteiger partial charge >= 0.3 is 0 Å². The fraction of sp³-hybridized carbons (Fsp3) is 0.739. The van der Waals surface area contributed by atoms with Crippen LogP contribution in [0.3, 0.4) is 0 Å². The first-order valence-corrected chi connectivity index (χ1v) is 10.5. The van der Waals surface area contributed by atoms with Crippen molar-refractivity contribution < 1.29 is 5.11 Å². The molecular weight excluding hydrogens is 348 g/mol. The molecule has 0 aromatic heterocycles. The topological polar surface area (TPSA) is 33.2 Å². The number of hydrogen-bond donors (Lipinski definition) is 1. The summed E-state index contributed by atoms with van der Waals surface area (Å²) in [6.45, 7) is 2.40. The summed E-state index contributed by atoms with van der Waals surface area (Å²) in [6.07, 6.45) is 7.20. The number of phenolic OH excluding ortho intramolecular Hbond substituents is 1. The molecule has 1 fully saturated rings. The first-order chi connectivity index (χ1) is 13.1. The van der Waals surface area contributed by atoms with Crippen LogP contribution in [0.25, 0.3) is 0 Å². The fourth-order valence-corrected chi connectivity index (χ4v) is 3.81. The molecule has 1 aromatic carbocycles. The highest BCUT2D eigenvalue weighted by Gasteiger charge is 2.14. The molecule has 0 spiro atoms. The van der Waals surface area contributed by atoms with E-state index in [4.69, 9.17) is 0 Å². The Morgan fingerprint density at radius 3 is 1.46 bits per heavy atom. The van der Waals surface area contributed by atoms with Gasteiger partial charge in [-0.15, -0.1) is 0 Å². The van der Waals surface area contributed by atoms with Gasteiger partial charge in [-0.25, -0.2) is 0 Å². The second-order valence-corrected chi connectivity index (χ2v) is 9.23. The molecule has 5 nitrogen and oxygen atoms in total. The highest BCUT2D eigenvalue weighted by atomic mass is 16.3. The Bertz CT molecular complexity index is 533. The van der Waals surface area contributed by atoms with Gasteiger partial charge in [0.15, 0.2) is 0 Å². The third-order valence-electron chi connectivity index (χ3n) is 5.10. The van der Waals surface area contributed by atoms with E-state index in [-0.39, 0.29) is 0 Å². The van der Waals surface area contributed by atoms with Gasteiger partial charge in [-0.1, -0.05) is 19.3 Å². The summed E-state index contributed by atoms with van der Waals surface area (Å²) in [5.74, 6) is 0.435. The lowest BCUT2D eigenvalue weighted by molar-refractivity contribution is 0.229. The number of nitrogens with zero attached hydrogens (tertiary/aromatic N) is 4. The molecule has 0 aliphatic heterocycles. The van der Waals surface area contributed by atoms with E-state index in [1.54, 1.807) is 0 Å². The molecular formula is C23H44N4O. The first-order valence-electron chi connectivity index (χ1n) is 10.5. The van der Waals surface area contributed by atoms with Crippen LogP contribution in [0.4, 0.5) is 0 Å². The number of benzene rings is 1. The molecule has 1 aromatic rings. The maximum atomic E-state index is 10.4. The van der Waals surface area contributed by atoms with Crippen LogP contribution < -0.4 is 0 Å². The summed E-state index contributed by atoms with van der Waals surface area (Å²) in [6, 6.07) is 5.10. The molecule has 0 heterocycles. The molecule has 1 saturated carbocycles. The zero-order valence-corrected chi connectivity index (χ0v) is 19.6. The molecule has 162 valence electrons. The number of phenols is 1. The molecule has 1 aliphatic rings. The smallest absolute Gasteiger partial charge is 0.124 e. The first kappa shape index (κ1) is 24.9. The van der Waals surface area contributed by atoms with Crippen molar-refractivity contribution in [3.63, 3.8) is 0 Å². The van der Waals surface area contributed by atoms with E-state index in [2.05, 4.69) is 59.9 Å². The average Bonchev–Trinajstić information content (AvgIpc) is 2.59. The van der Waals surface area contributed by atoms with Gasteiger partial charge in [0.25, 0.3) is 0 Å². The minimum Gasteiger partial charge on any atom is -0.507 e. The molecule has 0 unspecified atom stereocenters. The molecule has 5 heteroatoms. The van der Waals surface area contributed by atoms with Crippen molar-refractivity contribution in [1.82, 2.24) is 19.6 Å². The van der Waals surface area contributed by atoms with Gasteiger partial charge in [0.1, 0.15) is 5.75 Å². The molecule has 1 aliphatic carbocycles. The summed E-state index contributed by atoms with van der Waals surface area (Å²) < 4.78 is 0. The quantitative estimate of drug-likeness (QED) is 0.768. The van der Waals surface area contributed by atoms with E-state index in [1.807, 2.05) is 28.2 Å². The normalized spacial score (nSPS) is 15.4. The summed E-state index contributed by atoms with van der Waals surface area (Å²) in [5, 5.41) is 10.4. The molecule has 0 amide bonds. The van der Waals surface area contributed by atoms with E-state index < -0.39 is 0 Å². The summed E-state index contributed by atoms with van der Waals surface area (Å²) >= 11 is 0. The lowest BCUT2D eigenvalue weighted by Gasteiger charge is -2.27. The van der Waals surface area contributed by atoms with Crippen molar-refractivity contribution in [2.75, 3.05) is 56.4 Å². The van der Waals surface area contributed by atoms with E-state index in [0.717, 1.165) is 36.8 Å². The van der Waals surface area contributed by atoms with Crippen molar-refractivity contribution >= 4 is 0 Å². The van der Waals surface area contributed by atoms with Crippen LogP contribution in [0.5, 0.6) is 5.75 Å². The maximum Gasteiger partial charge on any atom is 0.124 e. The lowest BCUT2D eigenvalue weighted by Crippen LogP contribution is -2.29. The zero-order valence-electron chi connectivity index (χ0n) is 19.6. The van der Waals surface area contributed by atoms with Crippen molar-refractivity contribution in [2.24, 2.45) is 0 Å². The molecule has 28 heavy (non-hydrogen) atoms. The van der Waals surface area contributed by atoms with Gasteiger partial charge in [0, 0.05) is 36.8 Å². The van der Waals surface area contributed by atoms with Crippen LogP contribution in [0.15, 0.2) is 12.1 Å².